The number of likely N-dealkylation sites (N-methyl/N-ethyl adjacent to an activating group) is 1. The molecule has 3 nitrogen and oxygen atoms in total. The summed E-state index contributed by atoms with van der Waals surface area (Å²) in [6.45, 7) is 3.69. The third kappa shape index (κ3) is 3.50. The van der Waals surface area contributed by atoms with E-state index in [1.54, 1.807) is 24.3 Å². The van der Waals surface area contributed by atoms with E-state index in [2.05, 4.69) is 10.3 Å². The van der Waals surface area contributed by atoms with E-state index in [0.29, 0.717) is 23.3 Å². The number of alkyl halides is 3. The van der Waals surface area contributed by atoms with Crippen LogP contribution < -0.4 is 5.32 Å². The first-order valence-electron chi connectivity index (χ1n) is 6.65. The Morgan fingerprint density at radius 2 is 2.00 bits per heavy atom. The zero-order chi connectivity index (χ0) is 14.8. The lowest BCUT2D eigenvalue weighted by Crippen LogP contribution is -2.29. The van der Waals surface area contributed by atoms with E-state index in [1.807, 2.05) is 13.8 Å². The third-order valence-electron chi connectivity index (χ3n) is 3.11. The van der Waals surface area contributed by atoms with Gasteiger partial charge in [0.2, 0.25) is 0 Å². The van der Waals surface area contributed by atoms with Crippen molar-refractivity contribution in [3.8, 4) is 0 Å². The number of halogens is 3. The van der Waals surface area contributed by atoms with E-state index in [1.165, 1.54) is 4.57 Å². The van der Waals surface area contributed by atoms with Crippen molar-refractivity contribution in [2.45, 2.75) is 39.0 Å². The molecule has 2 rings (SSSR count). The van der Waals surface area contributed by atoms with Crippen molar-refractivity contribution in [2.75, 3.05) is 6.54 Å². The zero-order valence-electron chi connectivity index (χ0n) is 11.5. The summed E-state index contributed by atoms with van der Waals surface area (Å²) in [6, 6.07) is 7.02. The van der Waals surface area contributed by atoms with Gasteiger partial charge in [-0.3, -0.25) is 0 Å². The maximum Gasteiger partial charge on any atom is 0.406 e. The Morgan fingerprint density at radius 1 is 1.30 bits per heavy atom. The molecule has 2 aromatic rings. The van der Waals surface area contributed by atoms with Gasteiger partial charge in [-0.15, -0.1) is 0 Å². The molecular weight excluding hydrogens is 267 g/mol. The van der Waals surface area contributed by atoms with Crippen LogP contribution in [0.4, 0.5) is 13.2 Å². The summed E-state index contributed by atoms with van der Waals surface area (Å²) in [5.74, 6) is 0.469. The predicted octanol–water partition coefficient (Wildman–Crippen LogP) is 3.14. The molecule has 1 atom stereocenters. The van der Waals surface area contributed by atoms with Crippen LogP contribution in [0, 0.1) is 0 Å². The van der Waals surface area contributed by atoms with E-state index in [9.17, 15) is 13.2 Å². The Labute approximate surface area is 115 Å². The molecule has 0 spiro atoms. The van der Waals surface area contributed by atoms with Crippen LogP contribution in [0.15, 0.2) is 24.3 Å². The molecule has 1 aromatic heterocycles. The Hall–Kier alpha value is -1.56. The first-order chi connectivity index (χ1) is 9.40. The molecule has 0 radical (unpaired) electrons. The van der Waals surface area contributed by atoms with Gasteiger partial charge < -0.3 is 9.88 Å². The number of nitrogens with one attached hydrogen (secondary N) is 1. The van der Waals surface area contributed by atoms with Gasteiger partial charge in [-0.2, -0.15) is 13.2 Å². The van der Waals surface area contributed by atoms with E-state index in [0.717, 1.165) is 6.54 Å². The molecule has 0 saturated carbocycles. The van der Waals surface area contributed by atoms with E-state index in [4.69, 9.17) is 0 Å². The van der Waals surface area contributed by atoms with Gasteiger partial charge in [0.1, 0.15) is 12.4 Å². The fourth-order valence-corrected chi connectivity index (χ4v) is 2.33. The highest BCUT2D eigenvalue weighted by Gasteiger charge is 2.30. The van der Waals surface area contributed by atoms with Gasteiger partial charge in [-0.1, -0.05) is 19.1 Å². The maximum absolute atomic E-state index is 12.7. The summed E-state index contributed by atoms with van der Waals surface area (Å²) >= 11 is 0. The van der Waals surface area contributed by atoms with E-state index in [-0.39, 0.29) is 6.04 Å². The lowest BCUT2D eigenvalue weighted by atomic mass is 10.2. The average molecular weight is 285 g/mol. The van der Waals surface area contributed by atoms with Crippen LogP contribution in [0.5, 0.6) is 0 Å². The molecule has 1 N–H and O–H groups in total. The molecule has 20 heavy (non-hydrogen) atoms. The molecule has 0 fully saturated rings. The number of fused-ring (bicyclic) bond motifs is 1. The fraction of sp³-hybridized carbons (Fsp3) is 0.500. The molecular formula is C14H18F3N3. The summed E-state index contributed by atoms with van der Waals surface area (Å²) in [6.07, 6.45) is -3.78. The summed E-state index contributed by atoms with van der Waals surface area (Å²) in [4.78, 5) is 4.34. The Morgan fingerprint density at radius 3 is 2.65 bits per heavy atom. The highest BCUT2D eigenvalue weighted by molar-refractivity contribution is 5.75. The highest BCUT2D eigenvalue weighted by atomic mass is 19.4. The van der Waals surface area contributed by atoms with Crippen molar-refractivity contribution < 1.29 is 13.2 Å². The van der Waals surface area contributed by atoms with Crippen LogP contribution in [0.1, 0.15) is 19.7 Å². The van der Waals surface area contributed by atoms with Crippen LogP contribution in [0.3, 0.4) is 0 Å². The SMILES string of the molecule is CCNC(C)Cc1nc2ccccc2n1CC(F)(F)F. The first-order valence-corrected chi connectivity index (χ1v) is 6.65. The van der Waals surface area contributed by atoms with Crippen molar-refractivity contribution in [1.29, 1.82) is 0 Å². The molecule has 1 heterocycles. The van der Waals surface area contributed by atoms with Crippen molar-refractivity contribution in [1.82, 2.24) is 14.9 Å². The second-order valence-corrected chi connectivity index (χ2v) is 4.88. The average Bonchev–Trinajstić information content (AvgIpc) is 2.66. The molecule has 110 valence electrons. The summed E-state index contributed by atoms with van der Waals surface area (Å²) in [5, 5.41) is 3.19. The number of benzene rings is 1. The molecule has 0 aliphatic rings. The van der Waals surface area contributed by atoms with Crippen molar-refractivity contribution in [2.24, 2.45) is 0 Å². The monoisotopic (exact) mass is 285 g/mol. The van der Waals surface area contributed by atoms with Crippen LogP contribution in [0.2, 0.25) is 0 Å². The number of nitrogens with zero attached hydrogens (tertiary/aromatic N) is 2. The van der Waals surface area contributed by atoms with Gasteiger partial charge in [-0.25, -0.2) is 4.98 Å². The summed E-state index contributed by atoms with van der Waals surface area (Å²) < 4.78 is 39.5. The number of hydrogen-bond donors (Lipinski definition) is 1. The van der Waals surface area contributed by atoms with Gasteiger partial charge in [0.25, 0.3) is 0 Å². The number of aromatic nitrogens is 2. The van der Waals surface area contributed by atoms with Gasteiger partial charge in [-0.05, 0) is 25.6 Å². The Balaban J connectivity index is 2.38. The minimum absolute atomic E-state index is 0.0868. The van der Waals surface area contributed by atoms with Crippen LogP contribution >= 0.6 is 0 Å². The second-order valence-electron chi connectivity index (χ2n) is 4.88. The van der Waals surface area contributed by atoms with Crippen molar-refractivity contribution in [3.63, 3.8) is 0 Å². The first kappa shape index (κ1) is 14.8. The van der Waals surface area contributed by atoms with Gasteiger partial charge >= 0.3 is 6.18 Å². The van der Waals surface area contributed by atoms with Crippen molar-refractivity contribution in [3.05, 3.63) is 30.1 Å². The molecule has 0 amide bonds. The topological polar surface area (TPSA) is 29.9 Å². The second kappa shape index (κ2) is 5.83. The van der Waals surface area contributed by atoms with Gasteiger partial charge in [0.15, 0.2) is 0 Å². The zero-order valence-corrected chi connectivity index (χ0v) is 11.5. The quantitative estimate of drug-likeness (QED) is 0.914. The van der Waals surface area contributed by atoms with Crippen molar-refractivity contribution >= 4 is 11.0 Å². The molecule has 0 saturated heterocycles. The molecule has 6 heteroatoms. The normalized spacial score (nSPS) is 13.8. The molecule has 0 aliphatic carbocycles. The van der Waals surface area contributed by atoms with E-state index < -0.39 is 12.7 Å². The minimum Gasteiger partial charge on any atom is -0.319 e. The Bertz CT molecular complexity index is 575. The largest absolute Gasteiger partial charge is 0.406 e. The third-order valence-corrected chi connectivity index (χ3v) is 3.11. The standard InChI is InChI=1S/C14H18F3N3/c1-3-18-10(2)8-13-19-11-6-4-5-7-12(11)20(13)9-14(15,16)17/h4-7,10,18H,3,8-9H2,1-2H3. The van der Waals surface area contributed by atoms with Gasteiger partial charge in [0.05, 0.1) is 11.0 Å². The fourth-order valence-electron chi connectivity index (χ4n) is 2.33. The number of rotatable bonds is 5. The number of hydrogen-bond acceptors (Lipinski definition) is 2. The summed E-state index contributed by atoms with van der Waals surface area (Å²) in [7, 11) is 0. The van der Waals surface area contributed by atoms with Crippen LogP contribution in [0.25, 0.3) is 11.0 Å². The molecule has 1 unspecified atom stereocenters. The summed E-state index contributed by atoms with van der Waals surface area (Å²) in [5.41, 5.74) is 1.14. The Kier molecular flexibility index (Phi) is 4.32. The lowest BCUT2D eigenvalue weighted by Gasteiger charge is -2.15. The smallest absolute Gasteiger partial charge is 0.319 e. The number of imidazole rings is 1. The highest BCUT2D eigenvalue weighted by Crippen LogP contribution is 2.24. The lowest BCUT2D eigenvalue weighted by molar-refractivity contribution is -0.140. The van der Waals surface area contributed by atoms with Gasteiger partial charge in [0, 0.05) is 12.5 Å². The maximum atomic E-state index is 12.7. The number of para-hydroxylation sites is 2. The van der Waals surface area contributed by atoms with Crippen LogP contribution in [-0.2, 0) is 13.0 Å². The minimum atomic E-state index is -4.25. The van der Waals surface area contributed by atoms with E-state index >= 15 is 0 Å². The predicted molar refractivity (Wildman–Crippen MR) is 72.6 cm³/mol. The van der Waals surface area contributed by atoms with Crippen LogP contribution in [-0.4, -0.2) is 28.3 Å². The molecule has 1 aromatic carbocycles. The molecule has 0 aliphatic heterocycles. The molecule has 0 bridgehead atoms.